The number of carbonyl (C=O) groups is 1. The number of hydrogen-bond donors (Lipinski definition) is 0. The number of hydrogen-bond acceptors (Lipinski definition) is 2. The van der Waals surface area contributed by atoms with E-state index in [2.05, 4.69) is 15.9 Å². The molecular formula is C11H12BrNO2S. The minimum absolute atomic E-state index is 0.0976. The van der Waals surface area contributed by atoms with Crippen LogP contribution in [0.5, 0.6) is 0 Å². The van der Waals surface area contributed by atoms with E-state index in [0.29, 0.717) is 6.54 Å². The highest BCUT2D eigenvalue weighted by Gasteiger charge is 2.32. The van der Waals surface area contributed by atoms with Crippen molar-refractivity contribution in [2.45, 2.75) is 16.6 Å². The predicted octanol–water partition coefficient (Wildman–Crippen LogP) is 1.67. The van der Waals surface area contributed by atoms with Crippen LogP contribution in [0.2, 0.25) is 0 Å². The van der Waals surface area contributed by atoms with Crippen LogP contribution in [-0.2, 0) is 15.8 Å². The molecule has 2 rings (SSSR count). The van der Waals surface area contributed by atoms with Gasteiger partial charge in [0.15, 0.2) is 5.78 Å². The molecule has 1 aromatic rings. The Bertz CT molecular complexity index is 432. The highest BCUT2D eigenvalue weighted by molar-refractivity contribution is 9.10. The van der Waals surface area contributed by atoms with Gasteiger partial charge in [-0.1, -0.05) is 33.6 Å². The fourth-order valence-electron chi connectivity index (χ4n) is 1.55. The Morgan fingerprint density at radius 3 is 2.50 bits per heavy atom. The van der Waals surface area contributed by atoms with Crippen molar-refractivity contribution in [3.05, 3.63) is 29.8 Å². The smallest absolute Gasteiger partial charge is 0.162 e. The molecular weight excluding hydrogens is 290 g/mol. The summed E-state index contributed by atoms with van der Waals surface area (Å²) in [5.41, 5.74) is 1.14. The van der Waals surface area contributed by atoms with Gasteiger partial charge in [0.1, 0.15) is 11.0 Å². The normalized spacial score (nSPS) is 23.6. The summed E-state index contributed by atoms with van der Waals surface area (Å²) in [7, 11) is -1.23. The molecule has 1 aliphatic heterocycles. The molecule has 16 heavy (non-hydrogen) atoms. The number of halogens is 1. The van der Waals surface area contributed by atoms with Crippen LogP contribution in [0, 0.1) is 6.92 Å². The first kappa shape index (κ1) is 12.0. The zero-order valence-corrected chi connectivity index (χ0v) is 11.3. The molecule has 1 aliphatic rings. The van der Waals surface area contributed by atoms with Gasteiger partial charge in [-0.15, -0.1) is 0 Å². The number of alkyl halides is 1. The third-order valence-corrected chi connectivity index (χ3v) is 4.73. The summed E-state index contributed by atoms with van der Waals surface area (Å²) < 4.78 is 13.8. The van der Waals surface area contributed by atoms with Crippen LogP contribution in [0.4, 0.5) is 0 Å². The third-order valence-electron chi connectivity index (χ3n) is 2.50. The zero-order chi connectivity index (χ0) is 11.7. The highest BCUT2D eigenvalue weighted by atomic mass is 79.9. The molecule has 0 amide bonds. The molecule has 0 radical (unpaired) electrons. The summed E-state index contributed by atoms with van der Waals surface area (Å²) in [6, 6.07) is 7.54. The topological polar surface area (TPSA) is 37.4 Å². The molecule has 0 spiro atoms. The van der Waals surface area contributed by atoms with E-state index in [-0.39, 0.29) is 17.2 Å². The van der Waals surface area contributed by atoms with Crippen molar-refractivity contribution < 1.29 is 9.00 Å². The first-order chi connectivity index (χ1) is 7.58. The van der Waals surface area contributed by atoms with Crippen LogP contribution in [-0.4, -0.2) is 32.2 Å². The molecule has 1 aromatic carbocycles. The average Bonchev–Trinajstić information content (AvgIpc) is 2.59. The molecule has 1 fully saturated rings. The largest absolute Gasteiger partial charge is 0.297 e. The third kappa shape index (κ3) is 2.42. The van der Waals surface area contributed by atoms with Crippen LogP contribution in [0.15, 0.2) is 29.2 Å². The van der Waals surface area contributed by atoms with Gasteiger partial charge in [0.2, 0.25) is 0 Å². The van der Waals surface area contributed by atoms with Crippen LogP contribution < -0.4 is 0 Å². The molecule has 0 aromatic heterocycles. The van der Waals surface area contributed by atoms with Crippen LogP contribution in [0.3, 0.4) is 0 Å². The lowest BCUT2D eigenvalue weighted by atomic mass is 10.2. The molecule has 0 bridgehead atoms. The Hall–Kier alpha value is -0.520. The van der Waals surface area contributed by atoms with Crippen molar-refractivity contribution in [2.24, 2.45) is 0 Å². The van der Waals surface area contributed by atoms with Gasteiger partial charge in [-0.3, -0.25) is 4.79 Å². The highest BCUT2D eigenvalue weighted by Crippen LogP contribution is 2.19. The van der Waals surface area contributed by atoms with E-state index in [4.69, 9.17) is 0 Å². The number of Topliss-reactive ketones (excluding diaryl/α,β-unsaturated/α-hetero) is 1. The molecule has 86 valence electrons. The number of benzene rings is 1. The summed E-state index contributed by atoms with van der Waals surface area (Å²) >= 11 is 3.27. The van der Waals surface area contributed by atoms with Gasteiger partial charge < -0.3 is 0 Å². The fraction of sp³-hybridized carbons (Fsp3) is 0.364. The van der Waals surface area contributed by atoms with Gasteiger partial charge in [-0.2, -0.15) is 0 Å². The Kier molecular flexibility index (Phi) is 3.56. The van der Waals surface area contributed by atoms with Crippen molar-refractivity contribution in [1.82, 2.24) is 4.31 Å². The van der Waals surface area contributed by atoms with E-state index in [0.717, 1.165) is 10.5 Å². The summed E-state index contributed by atoms with van der Waals surface area (Å²) in [6.45, 7) is 2.76. The standard InChI is InChI=1S/C11H12BrNO2S/c1-8-2-4-9(5-3-8)16(15)13-6-10(12)11(14)7-13/h2-5,10H,6-7H2,1H3. The summed E-state index contributed by atoms with van der Waals surface area (Å²) in [5.74, 6) is 0.0976. The number of aryl methyl sites for hydroxylation is 1. The van der Waals surface area contributed by atoms with Gasteiger partial charge >= 0.3 is 0 Å². The Balaban J connectivity index is 2.14. The van der Waals surface area contributed by atoms with E-state index < -0.39 is 11.0 Å². The SMILES string of the molecule is Cc1ccc(S(=O)N2CC(=O)C(Br)C2)cc1. The van der Waals surface area contributed by atoms with Crippen LogP contribution >= 0.6 is 15.9 Å². The fourth-order valence-corrected chi connectivity index (χ4v) is 3.43. The molecule has 1 heterocycles. The van der Waals surface area contributed by atoms with Gasteiger partial charge in [-0.25, -0.2) is 8.51 Å². The van der Waals surface area contributed by atoms with Crippen LogP contribution in [0.25, 0.3) is 0 Å². The molecule has 0 N–H and O–H groups in total. The molecule has 3 nitrogen and oxygen atoms in total. The first-order valence-electron chi connectivity index (χ1n) is 4.98. The quantitative estimate of drug-likeness (QED) is 0.779. The maximum absolute atomic E-state index is 12.1. The van der Waals surface area contributed by atoms with E-state index in [1.54, 1.807) is 4.31 Å². The second-order valence-corrected chi connectivity index (χ2v) is 6.41. The number of nitrogens with zero attached hydrogens (tertiary/aromatic N) is 1. The average molecular weight is 302 g/mol. The monoisotopic (exact) mass is 301 g/mol. The minimum Gasteiger partial charge on any atom is -0.297 e. The minimum atomic E-state index is -1.23. The van der Waals surface area contributed by atoms with Crippen molar-refractivity contribution in [1.29, 1.82) is 0 Å². The number of ketones is 1. The van der Waals surface area contributed by atoms with Crippen molar-refractivity contribution in [3.63, 3.8) is 0 Å². The predicted molar refractivity (Wildman–Crippen MR) is 66.9 cm³/mol. The Labute approximate surface area is 106 Å². The van der Waals surface area contributed by atoms with Crippen LogP contribution in [0.1, 0.15) is 5.56 Å². The van der Waals surface area contributed by atoms with Gasteiger partial charge in [0.25, 0.3) is 0 Å². The number of carbonyl (C=O) groups excluding carboxylic acids is 1. The van der Waals surface area contributed by atoms with Crippen molar-refractivity contribution >= 4 is 32.7 Å². The van der Waals surface area contributed by atoms with Gasteiger partial charge in [0.05, 0.1) is 16.3 Å². The molecule has 2 unspecified atom stereocenters. The van der Waals surface area contributed by atoms with E-state index in [1.807, 2.05) is 31.2 Å². The molecule has 1 saturated heterocycles. The summed E-state index contributed by atoms with van der Waals surface area (Å²) in [5, 5.41) is 0. The van der Waals surface area contributed by atoms with Crippen molar-refractivity contribution in [3.8, 4) is 0 Å². The second kappa shape index (κ2) is 4.77. The number of rotatable bonds is 2. The maximum atomic E-state index is 12.1. The summed E-state index contributed by atoms with van der Waals surface area (Å²) in [6.07, 6.45) is 0. The summed E-state index contributed by atoms with van der Waals surface area (Å²) in [4.78, 5) is 11.9. The van der Waals surface area contributed by atoms with Gasteiger partial charge in [-0.05, 0) is 19.1 Å². The molecule has 0 aliphatic carbocycles. The van der Waals surface area contributed by atoms with E-state index in [1.165, 1.54) is 0 Å². The van der Waals surface area contributed by atoms with E-state index >= 15 is 0 Å². The first-order valence-corrected chi connectivity index (χ1v) is 7.00. The second-order valence-electron chi connectivity index (χ2n) is 3.82. The van der Waals surface area contributed by atoms with Crippen molar-refractivity contribution in [2.75, 3.05) is 13.1 Å². The zero-order valence-electron chi connectivity index (χ0n) is 8.85. The Morgan fingerprint density at radius 2 is 2.00 bits per heavy atom. The lowest BCUT2D eigenvalue weighted by molar-refractivity contribution is -0.116. The molecule has 5 heteroatoms. The maximum Gasteiger partial charge on any atom is 0.162 e. The molecule has 0 saturated carbocycles. The molecule has 2 atom stereocenters. The van der Waals surface area contributed by atoms with Gasteiger partial charge in [0, 0.05) is 6.54 Å². The van der Waals surface area contributed by atoms with E-state index in [9.17, 15) is 9.00 Å². The Morgan fingerprint density at radius 1 is 1.38 bits per heavy atom. The lowest BCUT2D eigenvalue weighted by Crippen LogP contribution is -2.23. The lowest BCUT2D eigenvalue weighted by Gasteiger charge is -2.12.